The number of aliphatic hydroxyl groups is 1. The van der Waals surface area contributed by atoms with Gasteiger partial charge in [0, 0.05) is 19.0 Å². The summed E-state index contributed by atoms with van der Waals surface area (Å²) in [6.07, 6.45) is 1.22. The quantitative estimate of drug-likeness (QED) is 0.849. The van der Waals surface area contributed by atoms with E-state index in [4.69, 9.17) is 23.2 Å². The number of aliphatic hydroxyl groups excluding tert-OH is 1. The average molecular weight is 320 g/mol. The van der Waals surface area contributed by atoms with E-state index in [0.29, 0.717) is 13.1 Å². The molecule has 3 nitrogen and oxygen atoms in total. The van der Waals surface area contributed by atoms with Gasteiger partial charge in [-0.3, -0.25) is 4.79 Å². The largest absolute Gasteiger partial charge is 0.393 e. The van der Waals surface area contributed by atoms with Gasteiger partial charge in [0.1, 0.15) is 5.82 Å². The molecule has 2 atom stereocenters. The summed E-state index contributed by atoms with van der Waals surface area (Å²) in [5.74, 6) is -0.942. The zero-order chi connectivity index (χ0) is 14.9. The third-order valence-electron chi connectivity index (χ3n) is 3.67. The van der Waals surface area contributed by atoms with Crippen molar-refractivity contribution in [3.63, 3.8) is 0 Å². The molecular weight excluding hydrogens is 304 g/mol. The number of carbonyl (C=O) groups is 1. The predicted octanol–water partition coefficient (Wildman–Crippen LogP) is 3.37. The molecule has 0 bridgehead atoms. The van der Waals surface area contributed by atoms with E-state index in [1.54, 1.807) is 11.8 Å². The molecule has 20 heavy (non-hydrogen) atoms. The van der Waals surface area contributed by atoms with Crippen LogP contribution >= 0.6 is 23.2 Å². The number of benzene rings is 1. The molecule has 0 aliphatic carbocycles. The molecule has 1 amide bonds. The maximum absolute atomic E-state index is 13.5. The molecule has 0 aromatic heterocycles. The summed E-state index contributed by atoms with van der Waals surface area (Å²) < 4.78 is 13.5. The second-order valence-electron chi connectivity index (χ2n) is 5.14. The Bertz CT molecular complexity index is 522. The highest BCUT2D eigenvalue weighted by Gasteiger charge is 2.28. The van der Waals surface area contributed by atoms with Crippen molar-refractivity contribution in [2.45, 2.75) is 25.9 Å². The van der Waals surface area contributed by atoms with Crippen LogP contribution in [0.4, 0.5) is 4.39 Å². The molecule has 1 aromatic rings. The predicted molar refractivity (Wildman–Crippen MR) is 76.7 cm³/mol. The summed E-state index contributed by atoms with van der Waals surface area (Å²) in [5.41, 5.74) is 0.111. The van der Waals surface area contributed by atoms with Gasteiger partial charge in [0.2, 0.25) is 0 Å². The van der Waals surface area contributed by atoms with Crippen molar-refractivity contribution < 1.29 is 14.3 Å². The van der Waals surface area contributed by atoms with E-state index in [-0.39, 0.29) is 27.4 Å². The Morgan fingerprint density at radius 1 is 1.45 bits per heavy atom. The van der Waals surface area contributed by atoms with Crippen molar-refractivity contribution in [2.75, 3.05) is 13.1 Å². The van der Waals surface area contributed by atoms with Crippen LogP contribution in [0.25, 0.3) is 0 Å². The van der Waals surface area contributed by atoms with E-state index in [9.17, 15) is 14.3 Å². The highest BCUT2D eigenvalue weighted by Crippen LogP contribution is 2.27. The fourth-order valence-corrected chi connectivity index (χ4v) is 2.91. The third kappa shape index (κ3) is 3.25. The SMILES string of the molecule is CC(O)C1CCCN(C(=O)c2cc(F)c(Cl)cc2Cl)C1. The maximum Gasteiger partial charge on any atom is 0.255 e. The first-order valence-corrected chi connectivity index (χ1v) is 7.27. The van der Waals surface area contributed by atoms with Gasteiger partial charge in [-0.15, -0.1) is 0 Å². The molecule has 0 radical (unpaired) electrons. The van der Waals surface area contributed by atoms with Crippen LogP contribution in [-0.2, 0) is 0 Å². The van der Waals surface area contributed by atoms with Crippen molar-refractivity contribution in [3.05, 3.63) is 33.6 Å². The van der Waals surface area contributed by atoms with Gasteiger partial charge in [0.25, 0.3) is 5.91 Å². The molecule has 1 heterocycles. The molecule has 1 aliphatic rings. The normalized spacial score (nSPS) is 20.9. The van der Waals surface area contributed by atoms with Crippen molar-refractivity contribution in [3.8, 4) is 0 Å². The monoisotopic (exact) mass is 319 g/mol. The van der Waals surface area contributed by atoms with Crippen LogP contribution < -0.4 is 0 Å². The number of rotatable bonds is 2. The molecule has 1 aromatic carbocycles. The number of hydrogen-bond acceptors (Lipinski definition) is 2. The van der Waals surface area contributed by atoms with E-state index >= 15 is 0 Å². The number of piperidine rings is 1. The number of likely N-dealkylation sites (tertiary alicyclic amines) is 1. The molecule has 110 valence electrons. The van der Waals surface area contributed by atoms with E-state index in [0.717, 1.165) is 18.9 Å². The van der Waals surface area contributed by atoms with Crippen LogP contribution in [0, 0.1) is 11.7 Å². The molecule has 0 saturated carbocycles. The van der Waals surface area contributed by atoms with Gasteiger partial charge < -0.3 is 10.0 Å². The minimum absolute atomic E-state index is 0.0450. The lowest BCUT2D eigenvalue weighted by Gasteiger charge is -2.34. The summed E-state index contributed by atoms with van der Waals surface area (Å²) in [6, 6.07) is 2.31. The second kappa shape index (κ2) is 6.29. The summed E-state index contributed by atoms with van der Waals surface area (Å²) >= 11 is 11.6. The van der Waals surface area contributed by atoms with Crippen LogP contribution in [-0.4, -0.2) is 35.1 Å². The first-order chi connectivity index (χ1) is 9.40. The highest BCUT2D eigenvalue weighted by molar-refractivity contribution is 6.36. The summed E-state index contributed by atoms with van der Waals surface area (Å²) in [6.45, 7) is 2.76. The van der Waals surface area contributed by atoms with Gasteiger partial charge in [0.05, 0.1) is 21.7 Å². The van der Waals surface area contributed by atoms with Gasteiger partial charge in [-0.25, -0.2) is 4.39 Å². The van der Waals surface area contributed by atoms with Gasteiger partial charge in [-0.1, -0.05) is 23.2 Å². The lowest BCUT2D eigenvalue weighted by molar-refractivity contribution is 0.0466. The third-order valence-corrected chi connectivity index (χ3v) is 4.27. The van der Waals surface area contributed by atoms with Crippen molar-refractivity contribution in [2.24, 2.45) is 5.92 Å². The molecule has 1 saturated heterocycles. The Morgan fingerprint density at radius 2 is 2.15 bits per heavy atom. The molecule has 2 rings (SSSR count). The van der Waals surface area contributed by atoms with Crippen LogP contribution in [0.1, 0.15) is 30.1 Å². The fourth-order valence-electron chi connectivity index (χ4n) is 2.44. The number of hydrogen-bond donors (Lipinski definition) is 1. The van der Waals surface area contributed by atoms with Crippen LogP contribution in [0.5, 0.6) is 0 Å². The zero-order valence-corrected chi connectivity index (χ0v) is 12.6. The first kappa shape index (κ1) is 15.5. The number of carbonyl (C=O) groups excluding carboxylic acids is 1. The standard InChI is InChI=1S/C14H16Cl2FNO2/c1-8(19)9-3-2-4-18(7-9)14(20)10-5-13(17)12(16)6-11(10)15/h5-6,8-9,19H,2-4,7H2,1H3. The average Bonchev–Trinajstić information content (AvgIpc) is 2.42. The second-order valence-corrected chi connectivity index (χ2v) is 5.95. The van der Waals surface area contributed by atoms with Crippen molar-refractivity contribution in [1.29, 1.82) is 0 Å². The highest BCUT2D eigenvalue weighted by atomic mass is 35.5. The lowest BCUT2D eigenvalue weighted by atomic mass is 9.93. The Hall–Kier alpha value is -0.840. The Morgan fingerprint density at radius 3 is 2.80 bits per heavy atom. The number of nitrogens with zero attached hydrogens (tertiary/aromatic N) is 1. The Labute approximate surface area is 127 Å². The lowest BCUT2D eigenvalue weighted by Crippen LogP contribution is -2.43. The summed E-state index contributed by atoms with van der Waals surface area (Å²) in [7, 11) is 0. The van der Waals surface area contributed by atoms with Gasteiger partial charge in [-0.05, 0) is 31.9 Å². The molecular formula is C14H16Cl2FNO2. The van der Waals surface area contributed by atoms with E-state index in [2.05, 4.69) is 0 Å². The molecule has 6 heteroatoms. The smallest absolute Gasteiger partial charge is 0.255 e. The maximum atomic E-state index is 13.5. The van der Waals surface area contributed by atoms with Gasteiger partial charge in [-0.2, -0.15) is 0 Å². The van der Waals surface area contributed by atoms with Gasteiger partial charge >= 0.3 is 0 Å². The van der Waals surface area contributed by atoms with Gasteiger partial charge in [0.15, 0.2) is 0 Å². The Kier molecular flexibility index (Phi) is 4.89. The summed E-state index contributed by atoms with van der Waals surface area (Å²) in [5, 5.41) is 9.68. The summed E-state index contributed by atoms with van der Waals surface area (Å²) in [4.78, 5) is 14.0. The minimum Gasteiger partial charge on any atom is -0.393 e. The molecule has 1 aliphatic heterocycles. The topological polar surface area (TPSA) is 40.5 Å². The van der Waals surface area contributed by atoms with E-state index in [1.807, 2.05) is 0 Å². The van der Waals surface area contributed by atoms with Crippen molar-refractivity contribution >= 4 is 29.1 Å². The first-order valence-electron chi connectivity index (χ1n) is 6.52. The van der Waals surface area contributed by atoms with E-state index < -0.39 is 11.9 Å². The molecule has 0 spiro atoms. The molecule has 1 fully saturated rings. The van der Waals surface area contributed by atoms with E-state index in [1.165, 1.54) is 6.07 Å². The molecule has 1 N–H and O–H groups in total. The molecule has 2 unspecified atom stereocenters. The van der Waals surface area contributed by atoms with Crippen LogP contribution in [0.2, 0.25) is 10.0 Å². The fraction of sp³-hybridized carbons (Fsp3) is 0.500. The zero-order valence-electron chi connectivity index (χ0n) is 11.1. The number of amides is 1. The van der Waals surface area contributed by atoms with Crippen LogP contribution in [0.3, 0.4) is 0 Å². The Balaban J connectivity index is 2.21. The van der Waals surface area contributed by atoms with Crippen LogP contribution in [0.15, 0.2) is 12.1 Å². The minimum atomic E-state index is -0.663. The number of halogens is 3. The van der Waals surface area contributed by atoms with Crippen molar-refractivity contribution in [1.82, 2.24) is 4.90 Å².